The summed E-state index contributed by atoms with van der Waals surface area (Å²) in [4.78, 5) is 13.4. The van der Waals surface area contributed by atoms with Crippen LogP contribution in [-0.2, 0) is 4.79 Å². The van der Waals surface area contributed by atoms with E-state index in [-0.39, 0.29) is 5.92 Å². The summed E-state index contributed by atoms with van der Waals surface area (Å²) < 4.78 is 0. The smallest absolute Gasteiger partial charge is 0.308 e. The summed E-state index contributed by atoms with van der Waals surface area (Å²) in [6.45, 7) is 4.95. The number of hydrogen-bond donors (Lipinski definition) is 1. The lowest BCUT2D eigenvalue weighted by Crippen LogP contribution is -2.24. The molecule has 1 aliphatic rings. The van der Waals surface area contributed by atoms with Gasteiger partial charge in [0.2, 0.25) is 0 Å². The lowest BCUT2D eigenvalue weighted by Gasteiger charge is -2.14. The molecule has 0 spiro atoms. The second kappa shape index (κ2) is 6.16. The van der Waals surface area contributed by atoms with Gasteiger partial charge in [0.05, 0.1) is 5.92 Å². The molecule has 0 aromatic rings. The van der Waals surface area contributed by atoms with Crippen LogP contribution in [0.15, 0.2) is 0 Å². The van der Waals surface area contributed by atoms with E-state index in [1.807, 2.05) is 0 Å². The van der Waals surface area contributed by atoms with Gasteiger partial charge in [-0.15, -0.1) is 0 Å². The third kappa shape index (κ3) is 3.52. The van der Waals surface area contributed by atoms with Gasteiger partial charge in [-0.05, 0) is 25.3 Å². The van der Waals surface area contributed by atoms with Crippen LogP contribution in [0.5, 0.6) is 0 Å². The fourth-order valence-electron chi connectivity index (χ4n) is 2.50. The van der Waals surface area contributed by atoms with Crippen molar-refractivity contribution in [2.75, 3.05) is 19.6 Å². The number of carboxylic acids is 1. The highest BCUT2D eigenvalue weighted by molar-refractivity contribution is 6.08. The first-order valence-electron chi connectivity index (χ1n) is 6.14. The highest BCUT2D eigenvalue weighted by Gasteiger charge is 2.36. The molecule has 0 amide bonds. The predicted octanol–water partition coefficient (Wildman–Crippen LogP) is 0.861. The van der Waals surface area contributed by atoms with Crippen molar-refractivity contribution in [1.82, 2.24) is 4.90 Å². The van der Waals surface area contributed by atoms with Crippen molar-refractivity contribution < 1.29 is 9.90 Å². The number of hydrogen-bond acceptors (Lipinski definition) is 2. The number of aliphatic carboxylic acids is 1. The summed E-state index contributed by atoms with van der Waals surface area (Å²) in [5.74, 6) is -0.341. The highest BCUT2D eigenvalue weighted by atomic mass is 16.4. The summed E-state index contributed by atoms with van der Waals surface area (Å²) in [5.41, 5.74) is 0. The first-order chi connectivity index (χ1) is 7.19. The van der Waals surface area contributed by atoms with Gasteiger partial charge in [-0.3, -0.25) is 4.79 Å². The summed E-state index contributed by atoms with van der Waals surface area (Å²) in [6, 6.07) is 0. The highest BCUT2D eigenvalue weighted by Crippen LogP contribution is 2.28. The molecule has 0 aliphatic carbocycles. The zero-order valence-electron chi connectivity index (χ0n) is 9.91. The monoisotopic (exact) mass is 211 g/mol. The maximum absolute atomic E-state index is 11.1. The minimum atomic E-state index is -0.602. The van der Waals surface area contributed by atoms with Gasteiger partial charge in [0.25, 0.3) is 0 Å². The molecule has 1 saturated heterocycles. The van der Waals surface area contributed by atoms with E-state index >= 15 is 0 Å². The van der Waals surface area contributed by atoms with Crippen molar-refractivity contribution in [3.05, 3.63) is 0 Å². The van der Waals surface area contributed by atoms with E-state index in [2.05, 4.69) is 19.7 Å². The van der Waals surface area contributed by atoms with Crippen LogP contribution in [0.4, 0.5) is 0 Å². The fourth-order valence-corrected chi connectivity index (χ4v) is 2.50. The van der Waals surface area contributed by atoms with E-state index in [0.717, 1.165) is 45.2 Å². The third-order valence-electron chi connectivity index (χ3n) is 3.30. The molecule has 1 aliphatic heterocycles. The Morgan fingerprint density at radius 2 is 2.27 bits per heavy atom. The summed E-state index contributed by atoms with van der Waals surface area (Å²) in [5, 5.41) is 9.14. The Bertz CT molecular complexity index is 211. The van der Waals surface area contributed by atoms with E-state index in [0.29, 0.717) is 5.92 Å². The number of likely N-dealkylation sites (tertiary alicyclic amines) is 1. The van der Waals surface area contributed by atoms with Crippen molar-refractivity contribution >= 4 is 13.8 Å². The van der Waals surface area contributed by atoms with E-state index in [1.165, 1.54) is 0 Å². The molecule has 1 heterocycles. The maximum Gasteiger partial charge on any atom is 0.308 e. The molecule has 1 fully saturated rings. The summed E-state index contributed by atoms with van der Waals surface area (Å²) in [7, 11) is 2.16. The molecule has 1 N–H and O–H groups in total. The molecule has 1 rings (SSSR count). The standard InChI is InChI=1S/C11H22BNO2/c1-2-6-13-7-9(4-3-5-12)10(8-13)11(14)15/h9-10H,2-8,12H2,1H3,(H,14,15)/t9-,10+/m0/s1. The number of rotatable bonds is 6. The molecular formula is C11H22BNO2. The summed E-state index contributed by atoms with van der Waals surface area (Å²) >= 11 is 0. The van der Waals surface area contributed by atoms with Gasteiger partial charge in [-0.2, -0.15) is 0 Å². The lowest BCUT2D eigenvalue weighted by molar-refractivity contribution is -0.142. The molecule has 15 heavy (non-hydrogen) atoms. The fraction of sp³-hybridized carbons (Fsp3) is 0.909. The zero-order valence-corrected chi connectivity index (χ0v) is 9.91. The molecule has 0 aromatic heterocycles. The Balaban J connectivity index is 2.47. The Labute approximate surface area is 93.3 Å². The number of nitrogens with zero attached hydrogens (tertiary/aromatic N) is 1. The van der Waals surface area contributed by atoms with Gasteiger partial charge in [0.15, 0.2) is 0 Å². The molecule has 0 radical (unpaired) electrons. The SMILES string of the molecule is BCCC[C@H]1CN(CCC)C[C@H]1C(=O)O. The topological polar surface area (TPSA) is 40.5 Å². The quantitative estimate of drug-likeness (QED) is 0.662. The van der Waals surface area contributed by atoms with Gasteiger partial charge in [0, 0.05) is 13.1 Å². The van der Waals surface area contributed by atoms with Gasteiger partial charge >= 0.3 is 5.97 Å². The minimum absolute atomic E-state index is 0.122. The predicted molar refractivity (Wildman–Crippen MR) is 63.9 cm³/mol. The van der Waals surface area contributed by atoms with Gasteiger partial charge < -0.3 is 10.0 Å². The van der Waals surface area contributed by atoms with E-state index in [4.69, 9.17) is 5.11 Å². The largest absolute Gasteiger partial charge is 0.481 e. The minimum Gasteiger partial charge on any atom is -0.481 e. The van der Waals surface area contributed by atoms with Gasteiger partial charge in [-0.25, -0.2) is 0 Å². The Kier molecular flexibility index (Phi) is 5.16. The second-order valence-electron chi connectivity index (χ2n) is 4.61. The van der Waals surface area contributed by atoms with Crippen molar-refractivity contribution in [2.45, 2.75) is 32.5 Å². The summed E-state index contributed by atoms with van der Waals surface area (Å²) in [6.07, 6.45) is 4.52. The second-order valence-corrected chi connectivity index (χ2v) is 4.61. The van der Waals surface area contributed by atoms with Crippen LogP contribution < -0.4 is 0 Å². The molecule has 0 bridgehead atoms. The zero-order chi connectivity index (χ0) is 11.3. The van der Waals surface area contributed by atoms with Crippen molar-refractivity contribution in [3.63, 3.8) is 0 Å². The Morgan fingerprint density at radius 3 is 2.80 bits per heavy atom. The number of carbonyl (C=O) groups is 1. The first kappa shape index (κ1) is 12.6. The van der Waals surface area contributed by atoms with Crippen LogP contribution in [0.3, 0.4) is 0 Å². The molecule has 4 heteroatoms. The van der Waals surface area contributed by atoms with E-state index in [1.54, 1.807) is 0 Å². The van der Waals surface area contributed by atoms with Crippen LogP contribution in [0, 0.1) is 11.8 Å². The van der Waals surface area contributed by atoms with Crippen molar-refractivity contribution in [3.8, 4) is 0 Å². The van der Waals surface area contributed by atoms with Crippen LogP contribution in [0.2, 0.25) is 6.32 Å². The molecule has 0 unspecified atom stereocenters. The maximum atomic E-state index is 11.1. The van der Waals surface area contributed by atoms with E-state index in [9.17, 15) is 4.79 Å². The molecule has 0 aromatic carbocycles. The van der Waals surface area contributed by atoms with Crippen molar-refractivity contribution in [1.29, 1.82) is 0 Å². The van der Waals surface area contributed by atoms with Crippen molar-refractivity contribution in [2.24, 2.45) is 11.8 Å². The average molecular weight is 211 g/mol. The normalized spacial score (nSPS) is 27.0. The molecule has 0 saturated carbocycles. The lowest BCUT2D eigenvalue weighted by atomic mass is 9.88. The average Bonchev–Trinajstić information content (AvgIpc) is 2.59. The van der Waals surface area contributed by atoms with Crippen LogP contribution in [0.1, 0.15) is 26.2 Å². The van der Waals surface area contributed by atoms with Crippen LogP contribution >= 0.6 is 0 Å². The van der Waals surface area contributed by atoms with Crippen LogP contribution in [0.25, 0.3) is 0 Å². The molecule has 3 nitrogen and oxygen atoms in total. The molecule has 2 atom stereocenters. The first-order valence-corrected chi connectivity index (χ1v) is 6.14. The van der Waals surface area contributed by atoms with Gasteiger partial charge in [-0.1, -0.05) is 19.7 Å². The Hall–Kier alpha value is -0.505. The third-order valence-corrected chi connectivity index (χ3v) is 3.30. The molecular weight excluding hydrogens is 189 g/mol. The van der Waals surface area contributed by atoms with Gasteiger partial charge in [0.1, 0.15) is 7.85 Å². The molecule has 86 valence electrons. The number of carboxylic acid groups (broad SMARTS) is 1. The van der Waals surface area contributed by atoms with Crippen LogP contribution in [-0.4, -0.2) is 43.5 Å². The van der Waals surface area contributed by atoms with E-state index < -0.39 is 5.97 Å². The Morgan fingerprint density at radius 1 is 1.53 bits per heavy atom.